The predicted molar refractivity (Wildman–Crippen MR) is 92.1 cm³/mol. The fourth-order valence-electron chi connectivity index (χ4n) is 6.06. The van der Waals surface area contributed by atoms with Crippen LogP contribution in [0.25, 0.3) is 0 Å². The summed E-state index contributed by atoms with van der Waals surface area (Å²) in [5.41, 5.74) is 0.443. The fraction of sp³-hybridized carbons (Fsp3) is 0.850. The van der Waals surface area contributed by atoms with Crippen LogP contribution in [0.4, 0.5) is 0 Å². The third-order valence-electron chi connectivity index (χ3n) is 8.04. The lowest BCUT2D eigenvalue weighted by atomic mass is 9.45. The topological polar surface area (TPSA) is 55.8 Å². The van der Waals surface area contributed by atoms with E-state index in [1.54, 1.807) is 13.0 Å². The summed E-state index contributed by atoms with van der Waals surface area (Å²) < 4.78 is 11.5. The number of fused-ring (bicyclic) bond motifs is 3. The van der Waals surface area contributed by atoms with E-state index >= 15 is 0 Å². The summed E-state index contributed by atoms with van der Waals surface area (Å²) in [5.74, 6) is 0.295. The Labute approximate surface area is 145 Å². The summed E-state index contributed by atoms with van der Waals surface area (Å²) >= 11 is 0. The Morgan fingerprint density at radius 2 is 1.96 bits per heavy atom. The van der Waals surface area contributed by atoms with Crippen LogP contribution in [0, 0.1) is 28.1 Å². The number of ether oxygens (including phenoxy) is 2. The van der Waals surface area contributed by atoms with Gasteiger partial charge in [0.2, 0.25) is 0 Å². The van der Waals surface area contributed by atoms with Crippen molar-refractivity contribution in [1.29, 1.82) is 0 Å². The first kappa shape index (κ1) is 17.9. The molecule has 0 aromatic heterocycles. The molecule has 6 atom stereocenters. The number of hydrogen-bond acceptors (Lipinski definition) is 4. The zero-order valence-electron chi connectivity index (χ0n) is 15.9. The van der Waals surface area contributed by atoms with Crippen molar-refractivity contribution in [2.45, 2.75) is 73.2 Å². The number of allylic oxidation sites excluding steroid dienone is 1. The zero-order valence-corrected chi connectivity index (χ0v) is 15.9. The fourth-order valence-corrected chi connectivity index (χ4v) is 6.06. The van der Waals surface area contributed by atoms with Gasteiger partial charge in [-0.15, -0.1) is 0 Å². The SMILES string of the molecule is CC=C(C)C(=O)OC1CCC2(C)CC3COC(O)C3C2(C)C1(C)C. The maximum atomic E-state index is 12.3. The van der Waals surface area contributed by atoms with Crippen LogP contribution in [0.2, 0.25) is 0 Å². The molecule has 0 aromatic carbocycles. The molecule has 3 rings (SSSR count). The number of esters is 1. The number of rotatable bonds is 2. The van der Waals surface area contributed by atoms with Crippen LogP contribution in [-0.4, -0.2) is 30.1 Å². The first-order valence-electron chi connectivity index (χ1n) is 9.22. The van der Waals surface area contributed by atoms with E-state index in [0.717, 1.165) is 19.3 Å². The molecular formula is C20H32O4. The molecule has 0 radical (unpaired) electrons. The van der Waals surface area contributed by atoms with Gasteiger partial charge in [0.05, 0.1) is 6.61 Å². The van der Waals surface area contributed by atoms with Crippen LogP contribution in [-0.2, 0) is 14.3 Å². The number of carbonyl (C=O) groups excluding carboxylic acids is 1. The molecule has 1 saturated heterocycles. The lowest BCUT2D eigenvalue weighted by molar-refractivity contribution is -0.214. The third-order valence-corrected chi connectivity index (χ3v) is 8.04. The van der Waals surface area contributed by atoms with Crippen LogP contribution in [0.5, 0.6) is 0 Å². The van der Waals surface area contributed by atoms with Crippen molar-refractivity contribution >= 4 is 5.97 Å². The first-order valence-corrected chi connectivity index (χ1v) is 9.22. The largest absolute Gasteiger partial charge is 0.458 e. The van der Waals surface area contributed by atoms with E-state index in [9.17, 15) is 9.90 Å². The van der Waals surface area contributed by atoms with Crippen molar-refractivity contribution in [1.82, 2.24) is 0 Å². The van der Waals surface area contributed by atoms with Crippen molar-refractivity contribution in [2.75, 3.05) is 6.61 Å². The second-order valence-electron chi connectivity index (χ2n) is 9.10. The molecule has 3 fully saturated rings. The van der Waals surface area contributed by atoms with Crippen molar-refractivity contribution < 1.29 is 19.4 Å². The monoisotopic (exact) mass is 336 g/mol. The van der Waals surface area contributed by atoms with Gasteiger partial charge in [-0.3, -0.25) is 0 Å². The molecule has 24 heavy (non-hydrogen) atoms. The van der Waals surface area contributed by atoms with E-state index in [0.29, 0.717) is 18.1 Å². The summed E-state index contributed by atoms with van der Waals surface area (Å²) in [6, 6.07) is 0. The Hall–Kier alpha value is -0.870. The second-order valence-corrected chi connectivity index (χ2v) is 9.10. The lowest BCUT2D eigenvalue weighted by Gasteiger charge is -2.60. The van der Waals surface area contributed by atoms with Gasteiger partial charge in [0.25, 0.3) is 0 Å². The van der Waals surface area contributed by atoms with Gasteiger partial charge in [-0.25, -0.2) is 4.79 Å². The van der Waals surface area contributed by atoms with Crippen molar-refractivity contribution in [3.8, 4) is 0 Å². The normalized spacial score (nSPS) is 47.2. The van der Waals surface area contributed by atoms with E-state index in [1.807, 2.05) is 6.92 Å². The highest BCUT2D eigenvalue weighted by Gasteiger charge is 2.71. The van der Waals surface area contributed by atoms with E-state index in [-0.39, 0.29) is 34.2 Å². The maximum absolute atomic E-state index is 12.3. The minimum atomic E-state index is -0.701. The highest BCUT2D eigenvalue weighted by atomic mass is 16.6. The summed E-state index contributed by atoms with van der Waals surface area (Å²) in [4.78, 5) is 12.3. The summed E-state index contributed by atoms with van der Waals surface area (Å²) in [7, 11) is 0. The van der Waals surface area contributed by atoms with Gasteiger partial charge in [0, 0.05) is 16.9 Å². The van der Waals surface area contributed by atoms with Gasteiger partial charge in [-0.05, 0) is 49.9 Å². The Bertz CT molecular complexity index is 566. The molecule has 0 bridgehead atoms. The van der Waals surface area contributed by atoms with Crippen LogP contribution in [0.15, 0.2) is 11.6 Å². The van der Waals surface area contributed by atoms with Gasteiger partial charge in [-0.2, -0.15) is 0 Å². The molecule has 0 amide bonds. The second kappa shape index (κ2) is 5.57. The molecule has 1 heterocycles. The van der Waals surface area contributed by atoms with Crippen LogP contribution < -0.4 is 0 Å². The van der Waals surface area contributed by atoms with Gasteiger partial charge < -0.3 is 14.6 Å². The summed E-state index contributed by atoms with van der Waals surface area (Å²) in [6.45, 7) is 13.4. The van der Waals surface area contributed by atoms with E-state index < -0.39 is 6.29 Å². The average molecular weight is 336 g/mol. The van der Waals surface area contributed by atoms with Gasteiger partial charge in [0.1, 0.15) is 6.10 Å². The molecule has 2 aliphatic carbocycles. The van der Waals surface area contributed by atoms with Crippen molar-refractivity contribution in [3.05, 3.63) is 11.6 Å². The van der Waals surface area contributed by atoms with Crippen LogP contribution >= 0.6 is 0 Å². The molecule has 6 unspecified atom stereocenters. The molecule has 0 spiro atoms. The maximum Gasteiger partial charge on any atom is 0.333 e. The first-order chi connectivity index (χ1) is 11.1. The standard InChI is InChI=1S/C20H32O4/c1-7-12(2)16(21)24-14-8-9-19(5)10-13-11-23-17(22)15(13)20(19,6)18(14,3)4/h7,13-15,17,22H,8-11H2,1-6H3. The third kappa shape index (κ3) is 2.15. The molecule has 2 saturated carbocycles. The average Bonchev–Trinajstić information content (AvgIpc) is 2.99. The molecule has 4 nitrogen and oxygen atoms in total. The van der Waals surface area contributed by atoms with E-state index in [1.165, 1.54) is 0 Å². The zero-order chi connectivity index (χ0) is 17.9. The quantitative estimate of drug-likeness (QED) is 0.617. The lowest BCUT2D eigenvalue weighted by Crippen LogP contribution is -2.59. The minimum Gasteiger partial charge on any atom is -0.458 e. The number of hydrogen-bond donors (Lipinski definition) is 1. The molecule has 136 valence electrons. The molecule has 1 aliphatic heterocycles. The molecular weight excluding hydrogens is 304 g/mol. The molecule has 4 heteroatoms. The highest BCUT2D eigenvalue weighted by molar-refractivity contribution is 5.87. The Morgan fingerprint density at radius 3 is 2.58 bits per heavy atom. The van der Waals surface area contributed by atoms with Gasteiger partial charge >= 0.3 is 5.97 Å². The number of aliphatic hydroxyl groups excluding tert-OH is 1. The minimum absolute atomic E-state index is 0.113. The summed E-state index contributed by atoms with van der Waals surface area (Å²) in [6.07, 6.45) is 3.96. The number of carbonyl (C=O) groups is 1. The molecule has 3 aliphatic rings. The summed E-state index contributed by atoms with van der Waals surface area (Å²) in [5, 5.41) is 10.5. The van der Waals surface area contributed by atoms with Crippen LogP contribution in [0.3, 0.4) is 0 Å². The Balaban J connectivity index is 1.95. The molecule has 1 N–H and O–H groups in total. The van der Waals surface area contributed by atoms with E-state index in [4.69, 9.17) is 9.47 Å². The smallest absolute Gasteiger partial charge is 0.333 e. The Kier molecular flexibility index (Phi) is 4.16. The van der Waals surface area contributed by atoms with E-state index in [2.05, 4.69) is 27.7 Å². The van der Waals surface area contributed by atoms with Crippen molar-refractivity contribution in [2.24, 2.45) is 28.1 Å². The highest BCUT2D eigenvalue weighted by Crippen LogP contribution is 2.73. The Morgan fingerprint density at radius 1 is 1.29 bits per heavy atom. The van der Waals surface area contributed by atoms with Gasteiger partial charge in [0.15, 0.2) is 6.29 Å². The van der Waals surface area contributed by atoms with Crippen LogP contribution in [0.1, 0.15) is 60.8 Å². The van der Waals surface area contributed by atoms with Crippen molar-refractivity contribution in [3.63, 3.8) is 0 Å². The predicted octanol–water partition coefficient (Wildman–Crippen LogP) is 3.68. The number of aliphatic hydroxyl groups is 1. The van der Waals surface area contributed by atoms with Gasteiger partial charge in [-0.1, -0.05) is 33.8 Å². The molecule has 0 aromatic rings.